The summed E-state index contributed by atoms with van der Waals surface area (Å²) < 4.78 is 116. The first-order valence-corrected chi connectivity index (χ1v) is 15.2. The largest absolute Gasteiger partial charge is 0.573 e. The number of alkyl halides is 7. The molecule has 0 spiro atoms. The Morgan fingerprint density at radius 2 is 1.51 bits per heavy atom. The molecule has 0 aliphatic heterocycles. The number of nitrogens with zero attached hydrogens (tertiary/aromatic N) is 2. The molecule has 0 saturated heterocycles. The highest BCUT2D eigenvalue weighted by Crippen LogP contribution is 2.39. The van der Waals surface area contributed by atoms with Crippen molar-refractivity contribution in [2.45, 2.75) is 117 Å². The van der Waals surface area contributed by atoms with E-state index in [1.54, 1.807) is 19.1 Å². The number of hydrogen-bond donors (Lipinski definition) is 1. The molecule has 1 aromatic heterocycles. The number of aryl methyl sites for hydroxylation is 2. The Labute approximate surface area is 270 Å². The Morgan fingerprint density at radius 1 is 0.936 bits per heavy atom. The van der Waals surface area contributed by atoms with Crippen LogP contribution in [0.25, 0.3) is 11.5 Å². The van der Waals surface area contributed by atoms with Crippen LogP contribution < -0.4 is 10.5 Å². The third-order valence-electron chi connectivity index (χ3n) is 6.85. The molecule has 1 heterocycles. The third-order valence-corrected chi connectivity index (χ3v) is 6.85. The molecule has 2 atom stereocenters. The standard InChI is InChI=1S/C21H26F5N3O2.C9H9F3O.C3H8/c1-5-13(9-20(23,24)6-2)18-28-29-19(31-18)14-7-11(3)15(8-16(14)22)21(25,26)10-17(27)12(4)30;1-2-7-3-5-8(6-4-7)13-9(10,11)12;1-3-2/h7-8,13,17H,5-6,9-10,27H2,1-4H3;3-6H,2H2,1H3;3H2,1-2H3. The van der Waals surface area contributed by atoms with Gasteiger partial charge in [0.25, 0.3) is 11.8 Å². The molecule has 0 bridgehead atoms. The van der Waals surface area contributed by atoms with Gasteiger partial charge < -0.3 is 14.9 Å². The maximum atomic E-state index is 14.7. The van der Waals surface area contributed by atoms with E-state index in [1.165, 1.54) is 32.4 Å². The Hall–Kier alpha value is -3.55. The van der Waals surface area contributed by atoms with E-state index in [0.717, 1.165) is 25.0 Å². The lowest BCUT2D eigenvalue weighted by atomic mass is 9.94. The van der Waals surface area contributed by atoms with Crippen LogP contribution in [0.5, 0.6) is 5.75 Å². The van der Waals surface area contributed by atoms with Crippen LogP contribution in [0.4, 0.5) is 35.1 Å². The van der Waals surface area contributed by atoms with Gasteiger partial charge in [-0.25, -0.2) is 22.0 Å². The van der Waals surface area contributed by atoms with Crippen molar-refractivity contribution in [1.29, 1.82) is 0 Å². The quantitative estimate of drug-likeness (QED) is 0.191. The molecule has 0 fully saturated rings. The molecule has 264 valence electrons. The molecule has 0 saturated carbocycles. The van der Waals surface area contributed by atoms with Crippen LogP contribution in [0, 0.1) is 12.7 Å². The Balaban J connectivity index is 0.000000571. The van der Waals surface area contributed by atoms with Gasteiger partial charge in [0.1, 0.15) is 17.3 Å². The van der Waals surface area contributed by atoms with Gasteiger partial charge in [-0.1, -0.05) is 53.2 Å². The average molecular weight is 682 g/mol. The molecule has 2 N–H and O–H groups in total. The van der Waals surface area contributed by atoms with Crippen LogP contribution in [0.3, 0.4) is 0 Å². The molecule has 6 nitrogen and oxygen atoms in total. The van der Waals surface area contributed by atoms with Gasteiger partial charge in [-0.05, 0) is 62.1 Å². The van der Waals surface area contributed by atoms with Gasteiger partial charge >= 0.3 is 6.36 Å². The highest BCUT2D eigenvalue weighted by molar-refractivity contribution is 5.81. The topological polar surface area (TPSA) is 91.2 Å². The number of hydrogen-bond acceptors (Lipinski definition) is 6. The van der Waals surface area contributed by atoms with E-state index < -0.39 is 60.2 Å². The molecule has 47 heavy (non-hydrogen) atoms. The van der Waals surface area contributed by atoms with Gasteiger partial charge in [0.15, 0.2) is 0 Å². The fourth-order valence-electron chi connectivity index (χ4n) is 4.12. The zero-order valence-electron chi connectivity index (χ0n) is 27.6. The SMILES string of the molecule is CCC.CCC(CC(F)(F)CC)c1nnc(-c2cc(C)c(C(F)(F)CC(N)C(C)=O)cc2F)o1.CCc1ccc(OC(F)(F)F)cc1. The number of ether oxygens (including phenoxy) is 1. The second-order valence-electron chi connectivity index (χ2n) is 11.0. The van der Waals surface area contributed by atoms with E-state index >= 15 is 0 Å². The van der Waals surface area contributed by atoms with Crippen molar-refractivity contribution in [1.82, 2.24) is 10.2 Å². The molecular formula is C33H43F8N3O3. The van der Waals surface area contributed by atoms with Gasteiger partial charge in [0.05, 0.1) is 11.6 Å². The lowest BCUT2D eigenvalue weighted by Crippen LogP contribution is -2.34. The van der Waals surface area contributed by atoms with E-state index in [4.69, 9.17) is 10.2 Å². The summed E-state index contributed by atoms with van der Waals surface area (Å²) in [5, 5.41) is 7.49. The van der Waals surface area contributed by atoms with Crippen molar-refractivity contribution in [2.24, 2.45) is 5.73 Å². The number of ketones is 1. The maximum Gasteiger partial charge on any atom is 0.573 e. The Bertz CT molecular complexity index is 1390. The Kier molecular flexibility index (Phi) is 16.0. The summed E-state index contributed by atoms with van der Waals surface area (Å²) in [5.41, 5.74) is 5.62. The van der Waals surface area contributed by atoms with Crippen molar-refractivity contribution >= 4 is 5.78 Å². The fourth-order valence-corrected chi connectivity index (χ4v) is 4.12. The van der Waals surface area contributed by atoms with Crippen molar-refractivity contribution in [3.8, 4) is 17.2 Å². The predicted octanol–water partition coefficient (Wildman–Crippen LogP) is 10.1. The molecule has 0 aliphatic carbocycles. The first-order valence-electron chi connectivity index (χ1n) is 15.2. The zero-order chi connectivity index (χ0) is 36.2. The molecule has 3 aromatic rings. The van der Waals surface area contributed by atoms with Crippen molar-refractivity contribution in [3.63, 3.8) is 0 Å². The van der Waals surface area contributed by atoms with Gasteiger partial charge in [-0.2, -0.15) is 0 Å². The molecule has 0 amide bonds. The number of carbonyl (C=O) groups excluding carboxylic acids is 1. The number of benzene rings is 2. The van der Waals surface area contributed by atoms with Crippen molar-refractivity contribution < 1.29 is 49.1 Å². The predicted molar refractivity (Wildman–Crippen MR) is 163 cm³/mol. The number of halogens is 8. The molecular weight excluding hydrogens is 638 g/mol. The fraction of sp³-hybridized carbons (Fsp3) is 0.545. The number of Topliss-reactive ketones (excluding diaryl/α,β-unsaturated/α-hetero) is 1. The minimum atomic E-state index is -4.60. The monoisotopic (exact) mass is 681 g/mol. The lowest BCUT2D eigenvalue weighted by molar-refractivity contribution is -0.274. The molecule has 0 aliphatic rings. The summed E-state index contributed by atoms with van der Waals surface area (Å²) >= 11 is 0. The van der Waals surface area contributed by atoms with E-state index in [-0.39, 0.29) is 35.1 Å². The molecule has 3 rings (SSSR count). The van der Waals surface area contributed by atoms with Gasteiger partial charge in [0, 0.05) is 30.7 Å². The van der Waals surface area contributed by atoms with Crippen molar-refractivity contribution in [2.75, 3.05) is 0 Å². The number of nitrogens with two attached hydrogens (primary N) is 1. The molecule has 14 heteroatoms. The van der Waals surface area contributed by atoms with Crippen LogP contribution in [-0.4, -0.2) is 34.3 Å². The van der Waals surface area contributed by atoms with E-state index in [0.29, 0.717) is 12.5 Å². The molecule has 2 unspecified atom stereocenters. The summed E-state index contributed by atoms with van der Waals surface area (Å²) in [6, 6.07) is 6.23. The summed E-state index contributed by atoms with van der Waals surface area (Å²) in [5.74, 6) is -9.35. The average Bonchev–Trinajstić information content (AvgIpc) is 3.47. The number of carbonyl (C=O) groups is 1. The van der Waals surface area contributed by atoms with Crippen LogP contribution in [0.2, 0.25) is 0 Å². The minimum absolute atomic E-state index is 0.0291. The lowest BCUT2D eigenvalue weighted by Gasteiger charge is -2.22. The van der Waals surface area contributed by atoms with Crippen LogP contribution in [0.1, 0.15) is 102 Å². The van der Waals surface area contributed by atoms with Gasteiger partial charge in [-0.3, -0.25) is 4.79 Å². The number of aromatic nitrogens is 2. The van der Waals surface area contributed by atoms with Crippen molar-refractivity contribution in [3.05, 3.63) is 64.8 Å². The zero-order valence-corrected chi connectivity index (χ0v) is 27.6. The maximum absolute atomic E-state index is 14.7. The Morgan fingerprint density at radius 3 is 1.98 bits per heavy atom. The third kappa shape index (κ3) is 13.6. The summed E-state index contributed by atoms with van der Waals surface area (Å²) in [4.78, 5) is 11.2. The minimum Gasteiger partial charge on any atom is -0.420 e. The van der Waals surface area contributed by atoms with Crippen LogP contribution >= 0.6 is 0 Å². The summed E-state index contributed by atoms with van der Waals surface area (Å²) in [6.07, 6.45) is -4.05. The van der Waals surface area contributed by atoms with Crippen LogP contribution in [0.15, 0.2) is 40.8 Å². The highest BCUT2D eigenvalue weighted by Gasteiger charge is 2.38. The second kappa shape index (κ2) is 18.1. The summed E-state index contributed by atoms with van der Waals surface area (Å²) in [6.45, 7) is 11.7. The number of rotatable bonds is 12. The van der Waals surface area contributed by atoms with Gasteiger partial charge in [0.2, 0.25) is 11.8 Å². The summed E-state index contributed by atoms with van der Waals surface area (Å²) in [7, 11) is 0. The molecule has 2 aromatic carbocycles. The normalized spacial score (nSPS) is 13.1. The second-order valence-corrected chi connectivity index (χ2v) is 11.0. The van der Waals surface area contributed by atoms with Gasteiger partial charge in [-0.15, -0.1) is 23.4 Å². The van der Waals surface area contributed by atoms with E-state index in [2.05, 4.69) is 28.8 Å². The first-order chi connectivity index (χ1) is 21.7. The van der Waals surface area contributed by atoms with Crippen LogP contribution in [-0.2, 0) is 17.1 Å². The highest BCUT2D eigenvalue weighted by atomic mass is 19.4. The molecule has 0 radical (unpaired) electrons. The first kappa shape index (κ1) is 41.5. The van der Waals surface area contributed by atoms with E-state index in [1.807, 2.05) is 6.92 Å². The van der Waals surface area contributed by atoms with E-state index in [9.17, 15) is 39.9 Å². The smallest absolute Gasteiger partial charge is 0.420 e.